The number of rotatable bonds is 3. The molecule has 5 heteroatoms. The van der Waals surface area contributed by atoms with E-state index in [0.717, 1.165) is 33.9 Å². The van der Waals surface area contributed by atoms with Crippen molar-refractivity contribution in [1.29, 1.82) is 0 Å². The van der Waals surface area contributed by atoms with E-state index in [1.807, 2.05) is 30.3 Å². The fraction of sp³-hybridized carbons (Fsp3) is 0. The Morgan fingerprint density at radius 2 is 1.23 bits per heavy atom. The van der Waals surface area contributed by atoms with E-state index in [1.54, 1.807) is 12.4 Å². The lowest BCUT2D eigenvalue weighted by atomic mass is 10.0. The topological polar surface area (TPSA) is 70.2 Å². The molecule has 22 heavy (non-hydrogen) atoms. The summed E-state index contributed by atoms with van der Waals surface area (Å²) >= 11 is 0. The third-order valence-corrected chi connectivity index (χ3v) is 3.49. The molecule has 0 saturated carbocycles. The Kier molecular flexibility index (Phi) is 3.01. The van der Waals surface area contributed by atoms with Gasteiger partial charge >= 0.3 is 0 Å². The number of pyridine rings is 1. The minimum atomic E-state index is 0.850. The summed E-state index contributed by atoms with van der Waals surface area (Å²) in [7, 11) is 0. The van der Waals surface area contributed by atoms with Crippen molar-refractivity contribution in [2.45, 2.75) is 0 Å². The van der Waals surface area contributed by atoms with Crippen LogP contribution in [0.25, 0.3) is 33.9 Å². The van der Waals surface area contributed by atoms with Crippen LogP contribution in [0.2, 0.25) is 0 Å². The standard InChI is InChI=1S/C17H13N5/c1-2-4-12(5-3-1)13-10-16(14-6-8-18-21-14)20-17(11-13)15-7-9-19-22-15/h1-11H,(H,18,21)(H,19,22). The molecule has 0 amide bonds. The highest BCUT2D eigenvalue weighted by molar-refractivity contribution is 5.74. The van der Waals surface area contributed by atoms with Gasteiger partial charge in [-0.1, -0.05) is 30.3 Å². The zero-order chi connectivity index (χ0) is 14.8. The van der Waals surface area contributed by atoms with Crippen LogP contribution in [0.5, 0.6) is 0 Å². The van der Waals surface area contributed by atoms with Crippen LogP contribution < -0.4 is 0 Å². The lowest BCUT2D eigenvalue weighted by Crippen LogP contribution is -1.91. The Morgan fingerprint density at radius 3 is 1.73 bits per heavy atom. The second-order valence-corrected chi connectivity index (χ2v) is 4.93. The molecule has 4 aromatic rings. The molecular formula is C17H13N5. The third-order valence-electron chi connectivity index (χ3n) is 3.49. The van der Waals surface area contributed by atoms with Crippen LogP contribution in [-0.2, 0) is 0 Å². The molecule has 0 saturated heterocycles. The van der Waals surface area contributed by atoms with Crippen molar-refractivity contribution in [2.75, 3.05) is 0 Å². The van der Waals surface area contributed by atoms with Gasteiger partial charge in [0.15, 0.2) is 0 Å². The quantitative estimate of drug-likeness (QED) is 0.605. The highest BCUT2D eigenvalue weighted by Crippen LogP contribution is 2.28. The zero-order valence-corrected chi connectivity index (χ0v) is 11.7. The number of nitrogens with one attached hydrogen (secondary N) is 2. The second kappa shape index (κ2) is 5.29. The fourth-order valence-corrected chi connectivity index (χ4v) is 2.40. The molecule has 0 aliphatic heterocycles. The SMILES string of the molecule is c1ccc(-c2cc(-c3ccn[nH]3)nc(-c3ccn[nH]3)c2)cc1. The Hall–Kier alpha value is -3.21. The van der Waals surface area contributed by atoms with Gasteiger partial charge in [-0.3, -0.25) is 10.2 Å². The van der Waals surface area contributed by atoms with Gasteiger partial charge in [0.25, 0.3) is 0 Å². The summed E-state index contributed by atoms with van der Waals surface area (Å²) in [6, 6.07) is 18.2. The third kappa shape index (κ3) is 2.29. The predicted octanol–water partition coefficient (Wildman–Crippen LogP) is 3.53. The van der Waals surface area contributed by atoms with E-state index in [-0.39, 0.29) is 0 Å². The number of H-pyrrole nitrogens is 2. The normalized spacial score (nSPS) is 10.7. The molecule has 0 radical (unpaired) electrons. The van der Waals surface area contributed by atoms with Crippen molar-refractivity contribution in [3.05, 3.63) is 67.0 Å². The first-order valence-electron chi connectivity index (χ1n) is 6.97. The molecule has 0 aliphatic rings. The largest absolute Gasteiger partial charge is 0.276 e. The van der Waals surface area contributed by atoms with Crippen LogP contribution in [0.15, 0.2) is 67.0 Å². The fourth-order valence-electron chi connectivity index (χ4n) is 2.40. The summed E-state index contributed by atoms with van der Waals surface area (Å²) in [6.07, 6.45) is 3.45. The highest BCUT2D eigenvalue weighted by Gasteiger charge is 2.10. The van der Waals surface area contributed by atoms with Crippen molar-refractivity contribution < 1.29 is 0 Å². The smallest absolute Gasteiger partial charge is 0.0894 e. The van der Waals surface area contributed by atoms with Crippen LogP contribution in [-0.4, -0.2) is 25.4 Å². The molecule has 2 N–H and O–H groups in total. The van der Waals surface area contributed by atoms with E-state index in [0.29, 0.717) is 0 Å². The molecule has 0 fully saturated rings. The van der Waals surface area contributed by atoms with E-state index in [1.165, 1.54) is 0 Å². The summed E-state index contributed by atoms with van der Waals surface area (Å²) in [4.78, 5) is 4.70. The lowest BCUT2D eigenvalue weighted by molar-refractivity contribution is 1.08. The predicted molar refractivity (Wildman–Crippen MR) is 84.8 cm³/mol. The second-order valence-electron chi connectivity index (χ2n) is 4.93. The van der Waals surface area contributed by atoms with E-state index in [9.17, 15) is 0 Å². The molecule has 0 spiro atoms. The Morgan fingerprint density at radius 1 is 0.636 bits per heavy atom. The van der Waals surface area contributed by atoms with Crippen LogP contribution in [0, 0.1) is 0 Å². The first kappa shape index (κ1) is 12.5. The van der Waals surface area contributed by atoms with Gasteiger partial charge in [0.1, 0.15) is 0 Å². The molecule has 0 atom stereocenters. The first-order valence-corrected chi connectivity index (χ1v) is 6.97. The summed E-state index contributed by atoms with van der Waals surface area (Å²) < 4.78 is 0. The number of aromatic amines is 2. The van der Waals surface area contributed by atoms with Gasteiger partial charge in [-0.15, -0.1) is 0 Å². The van der Waals surface area contributed by atoms with Crippen molar-refractivity contribution in [3.8, 4) is 33.9 Å². The Labute approximate surface area is 127 Å². The van der Waals surface area contributed by atoms with E-state index < -0.39 is 0 Å². The highest BCUT2D eigenvalue weighted by atomic mass is 15.1. The Balaban J connectivity index is 1.91. The molecule has 3 aromatic heterocycles. The summed E-state index contributed by atoms with van der Waals surface area (Å²) in [5.74, 6) is 0. The van der Waals surface area contributed by atoms with Gasteiger partial charge in [-0.2, -0.15) is 10.2 Å². The average molecular weight is 287 g/mol. The maximum atomic E-state index is 4.70. The molecular weight excluding hydrogens is 274 g/mol. The minimum Gasteiger partial charge on any atom is -0.276 e. The van der Waals surface area contributed by atoms with Crippen LogP contribution in [0.1, 0.15) is 0 Å². The number of nitrogens with zero attached hydrogens (tertiary/aromatic N) is 3. The van der Waals surface area contributed by atoms with Gasteiger partial charge in [0.2, 0.25) is 0 Å². The van der Waals surface area contributed by atoms with Gasteiger partial charge in [-0.25, -0.2) is 4.98 Å². The van der Waals surface area contributed by atoms with Crippen molar-refractivity contribution >= 4 is 0 Å². The lowest BCUT2D eigenvalue weighted by Gasteiger charge is -2.07. The van der Waals surface area contributed by atoms with Crippen LogP contribution in [0.4, 0.5) is 0 Å². The molecule has 4 rings (SSSR count). The Bertz CT molecular complexity index is 812. The molecule has 3 heterocycles. The number of benzene rings is 1. The maximum Gasteiger partial charge on any atom is 0.0894 e. The van der Waals surface area contributed by atoms with Crippen LogP contribution >= 0.6 is 0 Å². The van der Waals surface area contributed by atoms with Crippen LogP contribution in [0.3, 0.4) is 0 Å². The average Bonchev–Trinajstić information content (AvgIpc) is 3.29. The summed E-state index contributed by atoms with van der Waals surface area (Å²) in [5, 5.41) is 13.9. The van der Waals surface area contributed by atoms with Crippen molar-refractivity contribution in [2.24, 2.45) is 0 Å². The molecule has 106 valence electrons. The number of aromatic nitrogens is 5. The van der Waals surface area contributed by atoms with Gasteiger partial charge in [0.05, 0.1) is 22.8 Å². The maximum absolute atomic E-state index is 4.70. The molecule has 0 unspecified atom stereocenters. The van der Waals surface area contributed by atoms with Crippen molar-refractivity contribution in [3.63, 3.8) is 0 Å². The summed E-state index contributed by atoms with van der Waals surface area (Å²) in [5.41, 5.74) is 5.72. The van der Waals surface area contributed by atoms with E-state index in [2.05, 4.69) is 44.7 Å². The van der Waals surface area contributed by atoms with Crippen molar-refractivity contribution in [1.82, 2.24) is 25.4 Å². The number of hydrogen-bond donors (Lipinski definition) is 2. The minimum absolute atomic E-state index is 0.850. The first-order chi connectivity index (χ1) is 10.9. The molecule has 1 aromatic carbocycles. The van der Waals surface area contributed by atoms with Gasteiger partial charge in [0, 0.05) is 12.4 Å². The molecule has 0 bridgehead atoms. The monoisotopic (exact) mass is 287 g/mol. The van der Waals surface area contributed by atoms with Gasteiger partial charge < -0.3 is 0 Å². The van der Waals surface area contributed by atoms with Gasteiger partial charge in [-0.05, 0) is 35.4 Å². The van der Waals surface area contributed by atoms with E-state index >= 15 is 0 Å². The number of hydrogen-bond acceptors (Lipinski definition) is 3. The molecule has 0 aliphatic carbocycles. The summed E-state index contributed by atoms with van der Waals surface area (Å²) in [6.45, 7) is 0. The zero-order valence-electron chi connectivity index (χ0n) is 11.7. The van der Waals surface area contributed by atoms with E-state index in [4.69, 9.17) is 4.98 Å². The molecule has 5 nitrogen and oxygen atoms in total.